The van der Waals surface area contributed by atoms with Gasteiger partial charge in [-0.2, -0.15) is 0 Å². The number of aromatic nitrogens is 2. The van der Waals surface area contributed by atoms with Crippen molar-refractivity contribution in [2.24, 2.45) is 0 Å². The van der Waals surface area contributed by atoms with Gasteiger partial charge >= 0.3 is 0 Å². The third-order valence-corrected chi connectivity index (χ3v) is 4.08. The Morgan fingerprint density at radius 2 is 1.75 bits per heavy atom. The molecule has 5 heteroatoms. The Morgan fingerprint density at radius 1 is 1.20 bits per heavy atom. The molecule has 0 aliphatic rings. The van der Waals surface area contributed by atoms with Gasteiger partial charge in [0.25, 0.3) is 0 Å². The fraction of sp³-hybridized carbons (Fsp3) is 0.667. The second kappa shape index (κ2) is 8.25. The fourth-order valence-corrected chi connectivity index (χ4v) is 2.65. The monoisotopic (exact) mass is 295 g/mol. The highest BCUT2D eigenvalue weighted by Crippen LogP contribution is 2.17. The Kier molecular flexibility index (Phi) is 6.99. The van der Waals surface area contributed by atoms with Gasteiger partial charge in [-0.3, -0.25) is 4.79 Å². The summed E-state index contributed by atoms with van der Waals surface area (Å²) in [6, 6.07) is 0.291. The summed E-state index contributed by atoms with van der Waals surface area (Å²) in [4.78, 5) is 20.8. The largest absolute Gasteiger partial charge is 0.353 e. The maximum Gasteiger partial charge on any atom is 0.220 e. The summed E-state index contributed by atoms with van der Waals surface area (Å²) in [5, 5.41) is 3.86. The number of hydrogen-bond donors (Lipinski definition) is 1. The molecule has 1 amide bonds. The molecular formula is C15H25N3OS. The molecule has 1 N–H and O–H groups in total. The molecule has 1 heterocycles. The van der Waals surface area contributed by atoms with E-state index in [-0.39, 0.29) is 5.91 Å². The van der Waals surface area contributed by atoms with Crippen molar-refractivity contribution in [2.75, 3.05) is 6.26 Å². The van der Waals surface area contributed by atoms with Crippen molar-refractivity contribution in [1.29, 1.82) is 0 Å². The third kappa shape index (κ3) is 4.78. The van der Waals surface area contributed by atoms with E-state index in [1.165, 1.54) is 0 Å². The lowest BCUT2D eigenvalue weighted by Crippen LogP contribution is -2.34. The lowest BCUT2D eigenvalue weighted by Gasteiger charge is -2.15. The number of thioether (sulfide) groups is 1. The molecule has 1 aromatic heterocycles. The average Bonchev–Trinajstić information content (AvgIpc) is 2.43. The lowest BCUT2D eigenvalue weighted by molar-refractivity contribution is -0.121. The minimum atomic E-state index is 0.117. The Labute approximate surface area is 126 Å². The van der Waals surface area contributed by atoms with Crippen molar-refractivity contribution >= 4 is 17.7 Å². The summed E-state index contributed by atoms with van der Waals surface area (Å²) in [7, 11) is 0. The number of nitrogens with one attached hydrogen (secondary N) is 1. The van der Waals surface area contributed by atoms with Crippen molar-refractivity contribution in [3.63, 3.8) is 0 Å². The molecule has 0 spiro atoms. The summed E-state index contributed by atoms with van der Waals surface area (Å²) >= 11 is 1.54. The zero-order chi connectivity index (χ0) is 15.1. The van der Waals surface area contributed by atoms with Crippen LogP contribution in [0, 0.1) is 13.8 Å². The summed E-state index contributed by atoms with van der Waals surface area (Å²) < 4.78 is 0. The first-order valence-electron chi connectivity index (χ1n) is 7.19. The molecule has 1 rings (SSSR count). The molecular weight excluding hydrogens is 270 g/mol. The molecule has 0 bridgehead atoms. The van der Waals surface area contributed by atoms with Gasteiger partial charge in [0.1, 0.15) is 0 Å². The van der Waals surface area contributed by atoms with Crippen LogP contribution < -0.4 is 5.32 Å². The topological polar surface area (TPSA) is 54.9 Å². The van der Waals surface area contributed by atoms with Crippen LogP contribution in [0.1, 0.15) is 50.1 Å². The van der Waals surface area contributed by atoms with Crippen LogP contribution in [0.3, 0.4) is 0 Å². The molecule has 1 aromatic rings. The van der Waals surface area contributed by atoms with E-state index in [9.17, 15) is 4.79 Å². The zero-order valence-corrected chi connectivity index (χ0v) is 13.9. The minimum Gasteiger partial charge on any atom is -0.353 e. The number of aryl methyl sites for hydroxylation is 2. The molecule has 20 heavy (non-hydrogen) atoms. The first kappa shape index (κ1) is 17.0. The van der Waals surface area contributed by atoms with Gasteiger partial charge in [-0.15, -0.1) is 0 Å². The molecule has 112 valence electrons. The van der Waals surface area contributed by atoms with Crippen molar-refractivity contribution in [3.8, 4) is 0 Å². The van der Waals surface area contributed by atoms with Gasteiger partial charge in [0.15, 0.2) is 5.16 Å². The molecule has 0 saturated carbocycles. The van der Waals surface area contributed by atoms with E-state index in [1.54, 1.807) is 11.8 Å². The molecule has 0 aromatic carbocycles. The van der Waals surface area contributed by atoms with E-state index in [0.29, 0.717) is 18.9 Å². The highest BCUT2D eigenvalue weighted by molar-refractivity contribution is 7.98. The summed E-state index contributed by atoms with van der Waals surface area (Å²) in [6.45, 7) is 8.17. The Bertz CT molecular complexity index is 435. The van der Waals surface area contributed by atoms with E-state index in [2.05, 4.69) is 29.1 Å². The van der Waals surface area contributed by atoms with Gasteiger partial charge in [-0.05, 0) is 44.9 Å². The molecule has 4 nitrogen and oxygen atoms in total. The fourth-order valence-electron chi connectivity index (χ4n) is 2.19. The average molecular weight is 295 g/mol. The highest BCUT2D eigenvalue weighted by Gasteiger charge is 2.12. The number of rotatable bonds is 7. The predicted molar refractivity (Wildman–Crippen MR) is 84.1 cm³/mol. The van der Waals surface area contributed by atoms with Crippen LogP contribution in [0.5, 0.6) is 0 Å². The van der Waals surface area contributed by atoms with Crippen molar-refractivity contribution < 1.29 is 4.79 Å². The molecule has 0 atom stereocenters. The standard InChI is InChI=1S/C15H25N3OS/c1-6-12(7-2)18-14(19)9-8-13-10(3)16-15(20-5)17-11(13)4/h12H,6-9H2,1-5H3,(H,18,19). The molecule has 0 aliphatic heterocycles. The van der Waals surface area contributed by atoms with E-state index >= 15 is 0 Å². The van der Waals surface area contributed by atoms with Crippen LogP contribution in [0.15, 0.2) is 5.16 Å². The lowest BCUT2D eigenvalue weighted by atomic mass is 10.1. The Balaban J connectivity index is 2.64. The summed E-state index contributed by atoms with van der Waals surface area (Å²) in [5.41, 5.74) is 3.07. The van der Waals surface area contributed by atoms with Crippen LogP contribution in [-0.4, -0.2) is 28.2 Å². The number of amides is 1. The van der Waals surface area contributed by atoms with Crippen molar-refractivity contribution in [1.82, 2.24) is 15.3 Å². The van der Waals surface area contributed by atoms with Crippen molar-refractivity contribution in [3.05, 3.63) is 17.0 Å². The maximum absolute atomic E-state index is 11.9. The number of carbonyl (C=O) groups excluding carboxylic acids is 1. The third-order valence-electron chi connectivity index (χ3n) is 3.54. The normalized spacial score (nSPS) is 10.9. The van der Waals surface area contributed by atoms with E-state index < -0.39 is 0 Å². The van der Waals surface area contributed by atoms with Crippen LogP contribution >= 0.6 is 11.8 Å². The number of carbonyl (C=O) groups is 1. The van der Waals surface area contributed by atoms with Gasteiger partial charge in [0.2, 0.25) is 5.91 Å². The quantitative estimate of drug-likeness (QED) is 0.620. The van der Waals surface area contributed by atoms with Crippen LogP contribution in [0.2, 0.25) is 0 Å². The van der Waals surface area contributed by atoms with Gasteiger partial charge in [0, 0.05) is 23.9 Å². The molecule has 0 radical (unpaired) electrons. The first-order chi connectivity index (χ1) is 9.51. The second-order valence-corrected chi connectivity index (χ2v) is 5.71. The Hall–Kier alpha value is -1.10. The number of nitrogens with zero attached hydrogens (tertiary/aromatic N) is 2. The molecule has 0 unspecified atom stereocenters. The van der Waals surface area contributed by atoms with Crippen LogP contribution in [0.4, 0.5) is 0 Å². The minimum absolute atomic E-state index is 0.117. The SMILES string of the molecule is CCC(CC)NC(=O)CCc1c(C)nc(SC)nc1C. The molecule has 0 saturated heterocycles. The second-order valence-electron chi connectivity index (χ2n) is 4.94. The Morgan fingerprint density at radius 3 is 2.20 bits per heavy atom. The van der Waals surface area contributed by atoms with Gasteiger partial charge in [-0.1, -0.05) is 25.6 Å². The van der Waals surface area contributed by atoms with Gasteiger partial charge in [-0.25, -0.2) is 9.97 Å². The zero-order valence-electron chi connectivity index (χ0n) is 13.1. The van der Waals surface area contributed by atoms with Gasteiger partial charge < -0.3 is 5.32 Å². The van der Waals surface area contributed by atoms with E-state index in [1.807, 2.05) is 20.1 Å². The first-order valence-corrected chi connectivity index (χ1v) is 8.41. The van der Waals surface area contributed by atoms with E-state index in [4.69, 9.17) is 0 Å². The van der Waals surface area contributed by atoms with Crippen LogP contribution in [0.25, 0.3) is 0 Å². The maximum atomic E-state index is 11.9. The molecule has 0 fully saturated rings. The van der Waals surface area contributed by atoms with Crippen LogP contribution in [-0.2, 0) is 11.2 Å². The van der Waals surface area contributed by atoms with Gasteiger partial charge in [0.05, 0.1) is 0 Å². The van der Waals surface area contributed by atoms with E-state index in [0.717, 1.165) is 34.9 Å². The predicted octanol–water partition coefficient (Wildman–Crippen LogP) is 3.05. The number of hydrogen-bond acceptors (Lipinski definition) is 4. The summed E-state index contributed by atoms with van der Waals surface area (Å²) in [6.07, 6.45) is 5.13. The van der Waals surface area contributed by atoms with Crippen molar-refractivity contribution in [2.45, 2.75) is 64.6 Å². The highest BCUT2D eigenvalue weighted by atomic mass is 32.2. The smallest absolute Gasteiger partial charge is 0.220 e. The molecule has 0 aliphatic carbocycles. The summed E-state index contributed by atoms with van der Waals surface area (Å²) in [5.74, 6) is 0.117.